The molecule has 4 nitrogen and oxygen atoms in total. The molecule has 0 rings (SSSR count). The van der Waals surface area contributed by atoms with E-state index >= 15 is 0 Å². The third kappa shape index (κ3) is 4.49. The van der Waals surface area contributed by atoms with Gasteiger partial charge in [0.25, 0.3) is 0 Å². The highest BCUT2D eigenvalue weighted by Crippen LogP contribution is 1.97. The summed E-state index contributed by atoms with van der Waals surface area (Å²) in [5.74, 6) is -1.01. The molecule has 1 atom stereocenters. The van der Waals surface area contributed by atoms with Crippen molar-refractivity contribution in [1.82, 2.24) is 0 Å². The van der Waals surface area contributed by atoms with Gasteiger partial charge < -0.3 is 9.47 Å². The lowest BCUT2D eigenvalue weighted by atomic mass is 10.5. The highest BCUT2D eigenvalue weighted by atomic mass is 16.7. The number of hydrogen-bond donors (Lipinski definition) is 0. The standard InChI is InChI=1S/C8H12O4/c1-4-7(9)11-6(3)12-8(10)5-2/h4,6H,1,5H2,2-3H3. The summed E-state index contributed by atoms with van der Waals surface area (Å²) in [5.41, 5.74) is 0. The van der Waals surface area contributed by atoms with Crippen molar-refractivity contribution in [3.8, 4) is 0 Å². The number of hydrogen-bond acceptors (Lipinski definition) is 4. The van der Waals surface area contributed by atoms with Gasteiger partial charge in [-0.2, -0.15) is 0 Å². The van der Waals surface area contributed by atoms with Crippen molar-refractivity contribution >= 4 is 11.9 Å². The third-order valence-electron chi connectivity index (χ3n) is 1.03. The maximum Gasteiger partial charge on any atom is 0.333 e. The molecule has 4 heteroatoms. The van der Waals surface area contributed by atoms with E-state index in [1.807, 2.05) is 0 Å². The Bertz CT molecular complexity index is 185. The lowest BCUT2D eigenvalue weighted by molar-refractivity contribution is -0.180. The van der Waals surface area contributed by atoms with E-state index in [-0.39, 0.29) is 6.42 Å². The molecule has 0 spiro atoms. The Hall–Kier alpha value is -1.32. The van der Waals surface area contributed by atoms with Crippen LogP contribution >= 0.6 is 0 Å². The quantitative estimate of drug-likeness (QED) is 0.361. The largest absolute Gasteiger partial charge is 0.425 e. The Morgan fingerprint density at radius 3 is 2.50 bits per heavy atom. The first-order valence-electron chi connectivity index (χ1n) is 3.62. The van der Waals surface area contributed by atoms with E-state index in [2.05, 4.69) is 16.1 Å². The van der Waals surface area contributed by atoms with E-state index in [1.165, 1.54) is 6.92 Å². The molecule has 0 radical (unpaired) electrons. The van der Waals surface area contributed by atoms with Crippen LogP contribution in [0.2, 0.25) is 0 Å². The predicted octanol–water partition coefficient (Wildman–Crippen LogP) is 1.01. The Morgan fingerprint density at radius 1 is 1.50 bits per heavy atom. The average Bonchev–Trinajstić information content (AvgIpc) is 2.03. The smallest absolute Gasteiger partial charge is 0.333 e. The van der Waals surface area contributed by atoms with Gasteiger partial charge in [-0.3, -0.25) is 4.79 Å². The number of ether oxygens (including phenoxy) is 2. The summed E-state index contributed by atoms with van der Waals surface area (Å²) in [6, 6.07) is 0. The van der Waals surface area contributed by atoms with E-state index < -0.39 is 18.2 Å². The summed E-state index contributed by atoms with van der Waals surface area (Å²) in [4.78, 5) is 21.2. The molecule has 12 heavy (non-hydrogen) atoms. The molecule has 0 fully saturated rings. The van der Waals surface area contributed by atoms with Crippen LogP contribution in [0.25, 0.3) is 0 Å². The van der Waals surface area contributed by atoms with Crippen molar-refractivity contribution in [3.05, 3.63) is 12.7 Å². The molecule has 0 saturated carbocycles. The first kappa shape index (κ1) is 10.7. The molecule has 0 aromatic heterocycles. The van der Waals surface area contributed by atoms with Crippen molar-refractivity contribution in [2.45, 2.75) is 26.6 Å². The van der Waals surface area contributed by atoms with Crippen LogP contribution in [-0.4, -0.2) is 18.2 Å². The van der Waals surface area contributed by atoms with Gasteiger partial charge in [-0.15, -0.1) is 0 Å². The molecule has 0 bridgehead atoms. The Morgan fingerprint density at radius 2 is 2.08 bits per heavy atom. The molecular formula is C8H12O4. The van der Waals surface area contributed by atoms with Crippen LogP contribution in [0.4, 0.5) is 0 Å². The second-order valence-electron chi connectivity index (χ2n) is 2.05. The summed E-state index contributed by atoms with van der Waals surface area (Å²) >= 11 is 0. The molecule has 0 aromatic rings. The second kappa shape index (κ2) is 5.35. The molecule has 0 aliphatic carbocycles. The Balaban J connectivity index is 3.73. The van der Waals surface area contributed by atoms with Gasteiger partial charge in [0, 0.05) is 19.4 Å². The van der Waals surface area contributed by atoms with E-state index in [0.717, 1.165) is 6.08 Å². The Kier molecular flexibility index (Phi) is 4.76. The zero-order valence-corrected chi connectivity index (χ0v) is 7.20. The third-order valence-corrected chi connectivity index (χ3v) is 1.03. The number of esters is 2. The summed E-state index contributed by atoms with van der Waals surface area (Å²) in [7, 11) is 0. The number of rotatable bonds is 4. The van der Waals surface area contributed by atoms with Gasteiger partial charge in [-0.1, -0.05) is 13.5 Å². The van der Waals surface area contributed by atoms with Crippen LogP contribution in [0.15, 0.2) is 12.7 Å². The zero-order chi connectivity index (χ0) is 9.56. The number of carbonyl (C=O) groups is 2. The molecule has 0 aromatic carbocycles. The average molecular weight is 172 g/mol. The van der Waals surface area contributed by atoms with Gasteiger partial charge >= 0.3 is 11.9 Å². The Labute approximate surface area is 71.2 Å². The highest BCUT2D eigenvalue weighted by molar-refractivity contribution is 5.81. The van der Waals surface area contributed by atoms with Gasteiger partial charge in [0.15, 0.2) is 0 Å². The van der Waals surface area contributed by atoms with Crippen LogP contribution in [0, 0.1) is 0 Å². The molecule has 0 aliphatic rings. The lowest BCUT2D eigenvalue weighted by Gasteiger charge is -2.11. The van der Waals surface area contributed by atoms with Gasteiger partial charge in [-0.05, 0) is 0 Å². The summed E-state index contributed by atoms with van der Waals surface area (Å²) in [5, 5.41) is 0. The summed E-state index contributed by atoms with van der Waals surface area (Å²) in [6.45, 7) is 6.32. The van der Waals surface area contributed by atoms with E-state index in [4.69, 9.17) is 0 Å². The molecule has 0 N–H and O–H groups in total. The van der Waals surface area contributed by atoms with Gasteiger partial charge in [0.2, 0.25) is 6.29 Å². The fourth-order valence-electron chi connectivity index (χ4n) is 0.504. The van der Waals surface area contributed by atoms with Gasteiger partial charge in [0.1, 0.15) is 0 Å². The first-order chi connectivity index (χ1) is 5.60. The topological polar surface area (TPSA) is 52.6 Å². The SMILES string of the molecule is C=CC(=O)OC(C)OC(=O)CC. The minimum Gasteiger partial charge on any atom is -0.425 e. The van der Waals surface area contributed by atoms with Crippen LogP contribution in [0.3, 0.4) is 0 Å². The van der Waals surface area contributed by atoms with Crippen molar-refractivity contribution in [2.75, 3.05) is 0 Å². The molecule has 0 aliphatic heterocycles. The zero-order valence-electron chi connectivity index (χ0n) is 7.20. The van der Waals surface area contributed by atoms with Crippen molar-refractivity contribution in [2.24, 2.45) is 0 Å². The monoisotopic (exact) mass is 172 g/mol. The van der Waals surface area contributed by atoms with E-state index in [9.17, 15) is 9.59 Å². The molecule has 0 amide bonds. The normalized spacial score (nSPS) is 11.5. The van der Waals surface area contributed by atoms with Crippen LogP contribution in [0.1, 0.15) is 20.3 Å². The van der Waals surface area contributed by atoms with Crippen molar-refractivity contribution in [3.63, 3.8) is 0 Å². The van der Waals surface area contributed by atoms with Crippen LogP contribution < -0.4 is 0 Å². The molecular weight excluding hydrogens is 160 g/mol. The van der Waals surface area contributed by atoms with Gasteiger partial charge in [0.05, 0.1) is 0 Å². The molecule has 0 saturated heterocycles. The fraction of sp³-hybridized carbons (Fsp3) is 0.500. The van der Waals surface area contributed by atoms with Gasteiger partial charge in [-0.25, -0.2) is 4.79 Å². The first-order valence-corrected chi connectivity index (χ1v) is 3.62. The van der Waals surface area contributed by atoms with Crippen LogP contribution in [0.5, 0.6) is 0 Å². The highest BCUT2D eigenvalue weighted by Gasteiger charge is 2.09. The van der Waals surface area contributed by atoms with Crippen molar-refractivity contribution < 1.29 is 19.1 Å². The minimum absolute atomic E-state index is 0.260. The van der Waals surface area contributed by atoms with E-state index in [0.29, 0.717) is 0 Å². The van der Waals surface area contributed by atoms with Crippen molar-refractivity contribution in [1.29, 1.82) is 0 Å². The minimum atomic E-state index is -0.844. The number of carbonyl (C=O) groups excluding carboxylic acids is 2. The van der Waals surface area contributed by atoms with Crippen LogP contribution in [-0.2, 0) is 19.1 Å². The summed E-state index contributed by atoms with van der Waals surface area (Å²) < 4.78 is 9.21. The second-order valence-corrected chi connectivity index (χ2v) is 2.05. The predicted molar refractivity (Wildman–Crippen MR) is 42.1 cm³/mol. The lowest BCUT2D eigenvalue weighted by Crippen LogP contribution is -2.20. The fourth-order valence-corrected chi connectivity index (χ4v) is 0.504. The molecule has 68 valence electrons. The maximum absolute atomic E-state index is 10.7. The molecule has 0 heterocycles. The maximum atomic E-state index is 10.7. The van der Waals surface area contributed by atoms with E-state index in [1.54, 1.807) is 6.92 Å². The summed E-state index contributed by atoms with van der Waals surface area (Å²) in [6.07, 6.45) is 0.426. The molecule has 1 unspecified atom stereocenters.